The molecule has 0 N–H and O–H groups in total. The highest BCUT2D eigenvalue weighted by atomic mass is 32.2. The van der Waals surface area contributed by atoms with E-state index in [1.165, 1.54) is 51.1 Å². The maximum Gasteiger partial charge on any atom is 0.285 e. The molecule has 2 unspecified atom stereocenters. The lowest BCUT2D eigenvalue weighted by Gasteiger charge is -2.50. The molecule has 3 heterocycles. The Hall–Kier alpha value is -2.62. The van der Waals surface area contributed by atoms with Gasteiger partial charge in [-0.2, -0.15) is 34.1 Å². The van der Waals surface area contributed by atoms with Gasteiger partial charge in [0.15, 0.2) is 23.0 Å². The van der Waals surface area contributed by atoms with Gasteiger partial charge in [0.25, 0.3) is 20.4 Å². The highest BCUT2D eigenvalue weighted by Gasteiger charge is 2.53. The maximum atomic E-state index is 14.2. The predicted octanol–water partition coefficient (Wildman–Crippen LogP) is 1.50. The quantitative estimate of drug-likeness (QED) is 0.545. The van der Waals surface area contributed by atoms with Crippen molar-refractivity contribution < 1.29 is 35.8 Å². The topological polar surface area (TPSA) is 118 Å². The smallest absolute Gasteiger partial charge is 0.285 e. The molecule has 38 heavy (non-hydrogen) atoms. The van der Waals surface area contributed by atoms with Gasteiger partial charge in [0.05, 0.1) is 28.4 Å². The van der Waals surface area contributed by atoms with E-state index in [0.29, 0.717) is 47.0 Å². The van der Waals surface area contributed by atoms with E-state index in [1.807, 2.05) is 0 Å². The van der Waals surface area contributed by atoms with Crippen LogP contribution >= 0.6 is 0 Å². The zero-order valence-electron chi connectivity index (χ0n) is 22.2. The Morgan fingerprint density at radius 1 is 0.605 bits per heavy atom. The van der Waals surface area contributed by atoms with E-state index in [-0.39, 0.29) is 13.1 Å². The summed E-state index contributed by atoms with van der Waals surface area (Å²) in [7, 11) is 0.516. The summed E-state index contributed by atoms with van der Waals surface area (Å²) >= 11 is 0. The predicted molar refractivity (Wildman–Crippen MR) is 139 cm³/mol. The van der Waals surface area contributed by atoms with Crippen LogP contribution in [0.4, 0.5) is 0 Å². The largest absolute Gasteiger partial charge is 0.493 e. The number of nitrogens with zero attached hydrogens (tertiary/aromatic N) is 4. The van der Waals surface area contributed by atoms with Crippen molar-refractivity contribution in [2.75, 3.05) is 55.6 Å². The lowest BCUT2D eigenvalue weighted by Crippen LogP contribution is -2.62. The lowest BCUT2D eigenvalue weighted by molar-refractivity contribution is 0.111. The molecular formula is C24H32N4O8S2. The van der Waals surface area contributed by atoms with Crippen molar-refractivity contribution in [3.63, 3.8) is 0 Å². The van der Waals surface area contributed by atoms with E-state index in [2.05, 4.69) is 0 Å². The molecule has 3 aliphatic heterocycles. The molecule has 0 spiro atoms. The molecule has 3 aliphatic rings. The normalized spacial score (nSPS) is 25.1. The van der Waals surface area contributed by atoms with Crippen molar-refractivity contribution in [3.8, 4) is 23.0 Å². The van der Waals surface area contributed by atoms with Crippen LogP contribution in [0.15, 0.2) is 24.3 Å². The van der Waals surface area contributed by atoms with Crippen LogP contribution in [0.3, 0.4) is 0 Å². The van der Waals surface area contributed by atoms with Crippen LogP contribution < -0.4 is 18.9 Å². The summed E-state index contributed by atoms with van der Waals surface area (Å²) < 4.78 is 83.3. The summed E-state index contributed by atoms with van der Waals surface area (Å²) in [6.45, 7) is 0.177. The SMILES string of the molecule is COc1cc2c(cc1OC)C1N(C)S(=O)(=O)N3CCc4cc(OC)c(OC)cc4C3N(C)S(=O)(=O)N1CC2. The molecule has 12 nitrogen and oxygen atoms in total. The number of ether oxygens (including phenoxy) is 4. The van der Waals surface area contributed by atoms with Crippen LogP contribution in [0, 0.1) is 0 Å². The summed E-state index contributed by atoms with van der Waals surface area (Å²) in [5.41, 5.74) is 2.64. The highest BCUT2D eigenvalue weighted by molar-refractivity contribution is 7.88. The minimum atomic E-state index is -4.16. The zero-order valence-corrected chi connectivity index (χ0v) is 23.8. The Bertz CT molecular complexity index is 1370. The van der Waals surface area contributed by atoms with Crippen LogP contribution in [-0.4, -0.2) is 89.7 Å². The summed E-state index contributed by atoms with van der Waals surface area (Å²) in [5.74, 6) is 1.76. The molecule has 0 aromatic heterocycles. The minimum Gasteiger partial charge on any atom is -0.493 e. The first-order valence-corrected chi connectivity index (χ1v) is 14.8. The van der Waals surface area contributed by atoms with Crippen LogP contribution in [0.1, 0.15) is 34.6 Å². The Morgan fingerprint density at radius 3 is 1.24 bits per heavy atom. The second-order valence-corrected chi connectivity index (χ2v) is 13.2. The van der Waals surface area contributed by atoms with Gasteiger partial charge in [-0.25, -0.2) is 0 Å². The van der Waals surface area contributed by atoms with Crippen molar-refractivity contribution in [3.05, 3.63) is 46.5 Å². The summed E-state index contributed by atoms with van der Waals surface area (Å²) in [4.78, 5) is 0. The molecule has 0 radical (unpaired) electrons. The fourth-order valence-electron chi connectivity index (χ4n) is 5.62. The van der Waals surface area contributed by atoms with Crippen molar-refractivity contribution in [1.29, 1.82) is 0 Å². The Balaban J connectivity index is 1.71. The molecule has 1 fully saturated rings. The Kier molecular flexibility index (Phi) is 6.77. The molecule has 208 valence electrons. The first-order chi connectivity index (χ1) is 18.0. The zero-order chi connectivity index (χ0) is 27.6. The van der Waals surface area contributed by atoms with E-state index >= 15 is 0 Å². The van der Waals surface area contributed by atoms with Crippen LogP contribution in [0.25, 0.3) is 0 Å². The van der Waals surface area contributed by atoms with Gasteiger partial charge in [0.1, 0.15) is 12.3 Å². The summed E-state index contributed by atoms with van der Waals surface area (Å²) in [6.07, 6.45) is -1.46. The third-order valence-electron chi connectivity index (χ3n) is 7.61. The van der Waals surface area contributed by atoms with E-state index in [9.17, 15) is 16.8 Å². The van der Waals surface area contributed by atoms with Crippen molar-refractivity contribution in [2.24, 2.45) is 0 Å². The number of hydrogen-bond donors (Lipinski definition) is 0. The number of rotatable bonds is 4. The summed E-state index contributed by atoms with van der Waals surface area (Å²) in [6, 6.07) is 6.88. The molecule has 14 heteroatoms. The number of fused-ring (bicyclic) bond motifs is 6. The molecule has 2 aromatic carbocycles. The maximum absolute atomic E-state index is 14.2. The highest BCUT2D eigenvalue weighted by Crippen LogP contribution is 2.47. The third kappa shape index (κ3) is 3.85. The van der Waals surface area contributed by atoms with Gasteiger partial charge < -0.3 is 18.9 Å². The van der Waals surface area contributed by atoms with Crippen LogP contribution in [0.2, 0.25) is 0 Å². The Morgan fingerprint density at radius 2 is 0.921 bits per heavy atom. The second kappa shape index (κ2) is 9.54. The average Bonchev–Trinajstić information content (AvgIpc) is 2.92. The minimum absolute atomic E-state index is 0.0885. The van der Waals surface area contributed by atoms with Crippen molar-refractivity contribution in [2.45, 2.75) is 25.2 Å². The molecule has 0 aliphatic carbocycles. The lowest BCUT2D eigenvalue weighted by atomic mass is 9.97. The molecule has 5 rings (SSSR count). The van der Waals surface area contributed by atoms with Gasteiger partial charge in [-0.1, -0.05) is 0 Å². The van der Waals surface area contributed by atoms with E-state index in [4.69, 9.17) is 18.9 Å². The van der Waals surface area contributed by atoms with E-state index in [0.717, 1.165) is 19.7 Å². The number of hydrogen-bond acceptors (Lipinski definition) is 8. The van der Waals surface area contributed by atoms with Gasteiger partial charge >= 0.3 is 0 Å². The van der Waals surface area contributed by atoms with Crippen molar-refractivity contribution in [1.82, 2.24) is 17.2 Å². The molecular weight excluding hydrogens is 536 g/mol. The molecule has 0 saturated carbocycles. The second-order valence-electron chi connectivity index (χ2n) is 9.33. The van der Waals surface area contributed by atoms with Gasteiger partial charge in [0, 0.05) is 27.2 Å². The number of methoxy groups -OCH3 is 4. The first kappa shape index (κ1) is 27.0. The van der Waals surface area contributed by atoms with E-state index in [1.54, 1.807) is 24.3 Å². The molecule has 0 bridgehead atoms. The molecule has 1 saturated heterocycles. The fourth-order valence-corrected chi connectivity index (χ4v) is 9.02. The van der Waals surface area contributed by atoms with Gasteiger partial charge in [-0.3, -0.25) is 0 Å². The van der Waals surface area contributed by atoms with Crippen LogP contribution in [-0.2, 0) is 33.3 Å². The standard InChI is InChI=1S/C24H32N4O8S2/c1-25-23-17-13-21(35-5)19(33-3)11-15(17)7-9-27(23)38(31,32)26(2)24-18-14-22(36-6)20(34-4)12-16(18)8-10-28(24)37(25,29)30/h11-14,23-24H,7-10H2,1-6H3. The molecule has 2 aromatic rings. The summed E-state index contributed by atoms with van der Waals surface area (Å²) in [5, 5.41) is 0. The Labute approximate surface area is 223 Å². The fraction of sp³-hybridized carbons (Fsp3) is 0.500. The van der Waals surface area contributed by atoms with E-state index < -0.39 is 32.8 Å². The average molecular weight is 569 g/mol. The van der Waals surface area contributed by atoms with Gasteiger partial charge in [0.2, 0.25) is 0 Å². The monoisotopic (exact) mass is 568 g/mol. The molecule has 2 atom stereocenters. The van der Waals surface area contributed by atoms with Crippen molar-refractivity contribution >= 4 is 20.4 Å². The number of benzene rings is 2. The van der Waals surface area contributed by atoms with Gasteiger partial charge in [-0.05, 0) is 59.4 Å². The molecule has 0 amide bonds. The first-order valence-electron chi connectivity index (χ1n) is 12.0. The third-order valence-corrected chi connectivity index (χ3v) is 11.4. The van der Waals surface area contributed by atoms with Crippen LogP contribution in [0.5, 0.6) is 23.0 Å². The van der Waals surface area contributed by atoms with Gasteiger partial charge in [-0.15, -0.1) is 0 Å².